The number of hydrogen-bond acceptors (Lipinski definition) is 3. The molecule has 0 radical (unpaired) electrons. The van der Waals surface area contributed by atoms with E-state index in [-0.39, 0.29) is 0 Å². The molecule has 1 aliphatic heterocycles. The van der Waals surface area contributed by atoms with Gasteiger partial charge in [-0.15, -0.1) is 0 Å². The maximum absolute atomic E-state index is 12.2. The Kier molecular flexibility index (Phi) is 8.78. The van der Waals surface area contributed by atoms with Crippen molar-refractivity contribution in [2.24, 2.45) is 11.8 Å². The first-order chi connectivity index (χ1) is 9.95. The van der Waals surface area contributed by atoms with Crippen LogP contribution in [-0.2, 0) is 10.2 Å². The van der Waals surface area contributed by atoms with E-state index < -0.39 is 10.2 Å². The fourth-order valence-electron chi connectivity index (χ4n) is 2.64. The average Bonchev–Trinajstić information content (AvgIpc) is 2.44. The molecule has 6 heteroatoms. The lowest BCUT2D eigenvalue weighted by atomic mass is 9.98. The molecule has 2 N–H and O–H groups in total. The Morgan fingerprint density at radius 3 is 2.43 bits per heavy atom. The van der Waals surface area contributed by atoms with Gasteiger partial charge in [0.2, 0.25) is 0 Å². The average molecular weight is 320 g/mol. The Labute approximate surface area is 131 Å². The summed E-state index contributed by atoms with van der Waals surface area (Å²) in [6, 6.07) is 0. The van der Waals surface area contributed by atoms with Crippen molar-refractivity contribution >= 4 is 10.2 Å². The normalized spacial score (nSPS) is 18.5. The number of piperidine rings is 1. The molecule has 0 unspecified atom stereocenters. The van der Waals surface area contributed by atoms with Crippen molar-refractivity contribution < 1.29 is 8.42 Å². The van der Waals surface area contributed by atoms with Crippen molar-refractivity contribution in [2.45, 2.75) is 52.9 Å². The molecule has 0 aromatic heterocycles. The van der Waals surface area contributed by atoms with Gasteiger partial charge in [0, 0.05) is 19.6 Å². The molecular weight excluding hydrogens is 286 g/mol. The van der Waals surface area contributed by atoms with Crippen LogP contribution in [0.1, 0.15) is 52.9 Å². The molecule has 0 atom stereocenters. The molecule has 0 aliphatic carbocycles. The van der Waals surface area contributed by atoms with Gasteiger partial charge in [0.1, 0.15) is 0 Å². The van der Waals surface area contributed by atoms with Crippen LogP contribution in [0.4, 0.5) is 0 Å². The second kappa shape index (κ2) is 9.77. The first-order valence-corrected chi connectivity index (χ1v) is 9.85. The first-order valence-electron chi connectivity index (χ1n) is 8.41. The van der Waals surface area contributed by atoms with Crippen LogP contribution in [0.25, 0.3) is 0 Å². The van der Waals surface area contributed by atoms with Crippen LogP contribution in [0.3, 0.4) is 0 Å². The monoisotopic (exact) mass is 319 g/mol. The molecule has 1 rings (SSSR count). The first kappa shape index (κ1) is 18.9. The third-order valence-electron chi connectivity index (χ3n) is 4.02. The van der Waals surface area contributed by atoms with Gasteiger partial charge < -0.3 is 5.32 Å². The summed E-state index contributed by atoms with van der Waals surface area (Å²) >= 11 is 0. The molecule has 0 aromatic carbocycles. The molecule has 1 heterocycles. The van der Waals surface area contributed by atoms with Gasteiger partial charge in [-0.05, 0) is 57.0 Å². The van der Waals surface area contributed by atoms with Crippen LogP contribution in [0, 0.1) is 11.8 Å². The highest BCUT2D eigenvalue weighted by Gasteiger charge is 2.27. The standard InChI is InChI=1S/C15H33N3O2S/c1-4-9-16-13-15-7-11-18(12-8-15)21(19,20)17-10-5-6-14(2)3/h14-17H,4-13H2,1-3H3. The quantitative estimate of drug-likeness (QED) is 0.605. The predicted molar refractivity (Wildman–Crippen MR) is 88.5 cm³/mol. The SMILES string of the molecule is CCCNCC1CCN(S(=O)(=O)NCCCC(C)C)CC1. The Hall–Kier alpha value is -0.170. The summed E-state index contributed by atoms with van der Waals surface area (Å²) in [5, 5.41) is 3.43. The molecule has 0 bridgehead atoms. The molecule has 126 valence electrons. The van der Waals surface area contributed by atoms with Crippen molar-refractivity contribution in [3.8, 4) is 0 Å². The number of rotatable bonds is 10. The van der Waals surface area contributed by atoms with E-state index in [2.05, 4.69) is 30.8 Å². The molecule has 0 aromatic rings. The second-order valence-corrected chi connectivity index (χ2v) is 8.24. The van der Waals surface area contributed by atoms with E-state index in [9.17, 15) is 8.42 Å². The number of nitrogens with one attached hydrogen (secondary N) is 2. The van der Waals surface area contributed by atoms with E-state index in [1.807, 2.05) is 0 Å². The highest BCUT2D eigenvalue weighted by molar-refractivity contribution is 7.87. The number of hydrogen-bond donors (Lipinski definition) is 2. The number of nitrogens with zero attached hydrogens (tertiary/aromatic N) is 1. The van der Waals surface area contributed by atoms with Crippen molar-refractivity contribution in [1.29, 1.82) is 0 Å². The van der Waals surface area contributed by atoms with Gasteiger partial charge in [-0.3, -0.25) is 0 Å². The summed E-state index contributed by atoms with van der Waals surface area (Å²) in [4.78, 5) is 0. The van der Waals surface area contributed by atoms with Crippen molar-refractivity contribution in [2.75, 3.05) is 32.7 Å². The molecule has 1 fully saturated rings. The van der Waals surface area contributed by atoms with E-state index in [0.717, 1.165) is 45.2 Å². The summed E-state index contributed by atoms with van der Waals surface area (Å²) in [6.45, 7) is 10.4. The fourth-order valence-corrected chi connectivity index (χ4v) is 3.92. The van der Waals surface area contributed by atoms with Gasteiger partial charge in [0.05, 0.1) is 0 Å². The summed E-state index contributed by atoms with van der Waals surface area (Å²) in [5.41, 5.74) is 0. The lowest BCUT2D eigenvalue weighted by Gasteiger charge is -2.31. The van der Waals surface area contributed by atoms with E-state index >= 15 is 0 Å². The predicted octanol–water partition coefficient (Wildman–Crippen LogP) is 1.97. The van der Waals surface area contributed by atoms with Crippen molar-refractivity contribution in [3.05, 3.63) is 0 Å². The van der Waals surface area contributed by atoms with Gasteiger partial charge in [-0.1, -0.05) is 20.8 Å². The smallest absolute Gasteiger partial charge is 0.279 e. The second-order valence-electron chi connectivity index (χ2n) is 6.48. The van der Waals surface area contributed by atoms with E-state index in [4.69, 9.17) is 0 Å². The Balaban J connectivity index is 2.25. The zero-order chi connectivity index (χ0) is 15.7. The topological polar surface area (TPSA) is 61.4 Å². The van der Waals surface area contributed by atoms with Gasteiger partial charge >= 0.3 is 0 Å². The minimum Gasteiger partial charge on any atom is -0.316 e. The third kappa shape index (κ3) is 7.58. The fraction of sp³-hybridized carbons (Fsp3) is 1.00. The molecule has 5 nitrogen and oxygen atoms in total. The summed E-state index contributed by atoms with van der Waals surface area (Å²) in [7, 11) is -3.27. The molecule has 21 heavy (non-hydrogen) atoms. The minimum atomic E-state index is -3.27. The summed E-state index contributed by atoms with van der Waals surface area (Å²) < 4.78 is 28.7. The van der Waals surface area contributed by atoms with Gasteiger partial charge in [0.15, 0.2) is 0 Å². The maximum Gasteiger partial charge on any atom is 0.279 e. The molecule has 1 saturated heterocycles. The van der Waals surface area contributed by atoms with E-state index in [0.29, 0.717) is 31.5 Å². The van der Waals surface area contributed by atoms with Crippen molar-refractivity contribution in [3.63, 3.8) is 0 Å². The molecule has 0 saturated carbocycles. The minimum absolute atomic E-state index is 0.554. The lowest BCUT2D eigenvalue weighted by Crippen LogP contribution is -2.46. The van der Waals surface area contributed by atoms with Gasteiger partial charge in [-0.25, -0.2) is 4.72 Å². The van der Waals surface area contributed by atoms with Crippen LogP contribution >= 0.6 is 0 Å². The largest absolute Gasteiger partial charge is 0.316 e. The Morgan fingerprint density at radius 2 is 1.86 bits per heavy atom. The lowest BCUT2D eigenvalue weighted by molar-refractivity contribution is 0.265. The third-order valence-corrected chi connectivity index (χ3v) is 5.63. The Bertz CT molecular complexity index is 363. The van der Waals surface area contributed by atoms with E-state index in [1.54, 1.807) is 4.31 Å². The molecule has 1 aliphatic rings. The highest BCUT2D eigenvalue weighted by Crippen LogP contribution is 2.18. The summed E-state index contributed by atoms with van der Waals surface area (Å²) in [6.07, 6.45) is 5.04. The van der Waals surface area contributed by atoms with Crippen molar-refractivity contribution in [1.82, 2.24) is 14.3 Å². The molecular formula is C15H33N3O2S. The molecule has 0 spiro atoms. The van der Waals surface area contributed by atoms with Gasteiger partial charge in [-0.2, -0.15) is 12.7 Å². The van der Waals surface area contributed by atoms with Crippen LogP contribution in [-0.4, -0.2) is 45.4 Å². The summed E-state index contributed by atoms with van der Waals surface area (Å²) in [5.74, 6) is 1.24. The highest BCUT2D eigenvalue weighted by atomic mass is 32.2. The van der Waals surface area contributed by atoms with Crippen LogP contribution < -0.4 is 10.0 Å². The zero-order valence-electron chi connectivity index (χ0n) is 13.9. The van der Waals surface area contributed by atoms with Crippen LogP contribution in [0.15, 0.2) is 0 Å². The maximum atomic E-state index is 12.2. The zero-order valence-corrected chi connectivity index (χ0v) is 14.7. The molecule has 0 amide bonds. The van der Waals surface area contributed by atoms with Crippen LogP contribution in [0.2, 0.25) is 0 Å². The van der Waals surface area contributed by atoms with Gasteiger partial charge in [0.25, 0.3) is 10.2 Å². The Morgan fingerprint density at radius 1 is 1.19 bits per heavy atom. The van der Waals surface area contributed by atoms with Crippen LogP contribution in [0.5, 0.6) is 0 Å². The van der Waals surface area contributed by atoms with E-state index in [1.165, 1.54) is 0 Å².